The largest absolute Gasteiger partial charge is 0.369 e. The second-order valence-electron chi connectivity index (χ2n) is 4.62. The molecule has 0 fully saturated rings. The van der Waals surface area contributed by atoms with E-state index in [1.54, 1.807) is 24.4 Å². The first-order valence-electron chi connectivity index (χ1n) is 6.73. The van der Waals surface area contributed by atoms with Crippen molar-refractivity contribution in [1.82, 2.24) is 9.97 Å². The molecule has 0 aromatic carbocycles. The maximum Gasteiger partial charge on any atom is 0.257 e. The van der Waals surface area contributed by atoms with Gasteiger partial charge < -0.3 is 10.6 Å². The topological polar surface area (TPSA) is 66.9 Å². The molecule has 2 N–H and O–H groups in total. The van der Waals surface area contributed by atoms with Crippen LogP contribution in [-0.2, 0) is 0 Å². The molecule has 2 aromatic heterocycles. The van der Waals surface area contributed by atoms with Crippen LogP contribution in [0.3, 0.4) is 0 Å². The fourth-order valence-electron chi connectivity index (χ4n) is 1.76. The van der Waals surface area contributed by atoms with Crippen LogP contribution in [-0.4, -0.2) is 22.4 Å². The van der Waals surface area contributed by atoms with Crippen molar-refractivity contribution in [3.63, 3.8) is 0 Å². The van der Waals surface area contributed by atoms with Crippen LogP contribution in [0.25, 0.3) is 0 Å². The van der Waals surface area contributed by atoms with Gasteiger partial charge in [-0.25, -0.2) is 4.98 Å². The third-order valence-electron chi connectivity index (χ3n) is 2.80. The second-order valence-corrected chi connectivity index (χ2v) is 5.03. The van der Waals surface area contributed by atoms with Gasteiger partial charge in [-0.3, -0.25) is 9.78 Å². The smallest absolute Gasteiger partial charge is 0.257 e. The lowest BCUT2D eigenvalue weighted by atomic mass is 10.2. The molecule has 2 aromatic rings. The summed E-state index contributed by atoms with van der Waals surface area (Å²) in [6, 6.07) is 5.14. The van der Waals surface area contributed by atoms with Gasteiger partial charge in [0.25, 0.3) is 5.91 Å². The number of halogens is 1. The number of nitrogens with zero attached hydrogens (tertiary/aromatic N) is 2. The molecule has 21 heavy (non-hydrogen) atoms. The molecule has 0 aliphatic heterocycles. The average molecular weight is 305 g/mol. The van der Waals surface area contributed by atoms with Crippen LogP contribution in [0, 0.1) is 6.92 Å². The number of hydrogen-bond donors (Lipinski definition) is 2. The van der Waals surface area contributed by atoms with E-state index in [4.69, 9.17) is 11.6 Å². The molecule has 0 aliphatic rings. The van der Waals surface area contributed by atoms with E-state index in [0.717, 1.165) is 18.7 Å². The van der Waals surface area contributed by atoms with Gasteiger partial charge in [-0.15, -0.1) is 0 Å². The van der Waals surface area contributed by atoms with Crippen LogP contribution in [0.15, 0.2) is 30.6 Å². The summed E-state index contributed by atoms with van der Waals surface area (Å²) in [5, 5.41) is 6.33. The third kappa shape index (κ3) is 4.16. The van der Waals surface area contributed by atoms with Crippen LogP contribution >= 0.6 is 11.6 Å². The minimum Gasteiger partial charge on any atom is -0.369 e. The fourth-order valence-corrected chi connectivity index (χ4v) is 2.00. The van der Waals surface area contributed by atoms with E-state index >= 15 is 0 Å². The van der Waals surface area contributed by atoms with Crippen molar-refractivity contribution in [1.29, 1.82) is 0 Å². The molecule has 0 spiro atoms. The van der Waals surface area contributed by atoms with E-state index in [2.05, 4.69) is 27.5 Å². The molecule has 0 unspecified atom stereocenters. The molecule has 2 rings (SSSR count). The predicted molar refractivity (Wildman–Crippen MR) is 85.0 cm³/mol. The number of aryl methyl sites for hydroxylation is 1. The van der Waals surface area contributed by atoms with Crippen molar-refractivity contribution >= 4 is 29.0 Å². The van der Waals surface area contributed by atoms with Crippen molar-refractivity contribution in [2.45, 2.75) is 20.3 Å². The summed E-state index contributed by atoms with van der Waals surface area (Å²) in [6.45, 7) is 4.70. The third-order valence-corrected chi connectivity index (χ3v) is 3.09. The SMILES string of the molecule is CCCNc1ncc(C(=O)Nc2ccnc(C)c2)cc1Cl. The zero-order chi connectivity index (χ0) is 15.2. The van der Waals surface area contributed by atoms with Crippen molar-refractivity contribution in [2.24, 2.45) is 0 Å². The summed E-state index contributed by atoms with van der Waals surface area (Å²) in [4.78, 5) is 20.4. The van der Waals surface area contributed by atoms with Crippen molar-refractivity contribution in [3.05, 3.63) is 46.9 Å². The molecule has 0 aliphatic carbocycles. The molecule has 0 atom stereocenters. The molecular formula is C15H17ClN4O. The number of amides is 1. The maximum atomic E-state index is 12.2. The highest BCUT2D eigenvalue weighted by Gasteiger charge is 2.10. The summed E-state index contributed by atoms with van der Waals surface area (Å²) in [7, 11) is 0. The minimum absolute atomic E-state index is 0.253. The Morgan fingerprint density at radius 1 is 1.33 bits per heavy atom. The van der Waals surface area contributed by atoms with E-state index in [1.165, 1.54) is 6.20 Å². The molecule has 1 amide bonds. The number of pyridine rings is 2. The quantitative estimate of drug-likeness (QED) is 0.887. The van der Waals surface area contributed by atoms with Crippen LogP contribution in [0.2, 0.25) is 5.02 Å². The van der Waals surface area contributed by atoms with Crippen molar-refractivity contribution in [3.8, 4) is 0 Å². The molecule has 110 valence electrons. The summed E-state index contributed by atoms with van der Waals surface area (Å²) in [5.74, 6) is 0.340. The van der Waals surface area contributed by atoms with Crippen molar-refractivity contribution in [2.75, 3.05) is 17.2 Å². The normalized spacial score (nSPS) is 10.2. The Kier molecular flexibility index (Phi) is 5.11. The van der Waals surface area contributed by atoms with Crippen LogP contribution in [0.4, 0.5) is 11.5 Å². The lowest BCUT2D eigenvalue weighted by Gasteiger charge is -2.09. The highest BCUT2D eigenvalue weighted by atomic mass is 35.5. The summed E-state index contributed by atoms with van der Waals surface area (Å²) < 4.78 is 0. The van der Waals surface area contributed by atoms with E-state index in [0.29, 0.717) is 22.1 Å². The minimum atomic E-state index is -0.253. The number of hydrogen-bond acceptors (Lipinski definition) is 4. The fraction of sp³-hybridized carbons (Fsp3) is 0.267. The van der Waals surface area contributed by atoms with E-state index in [-0.39, 0.29) is 5.91 Å². The van der Waals surface area contributed by atoms with E-state index < -0.39 is 0 Å². The van der Waals surface area contributed by atoms with Gasteiger partial charge in [0, 0.05) is 30.3 Å². The van der Waals surface area contributed by atoms with Gasteiger partial charge in [0.15, 0.2) is 0 Å². The first-order chi connectivity index (χ1) is 10.1. The Morgan fingerprint density at radius 3 is 2.81 bits per heavy atom. The maximum absolute atomic E-state index is 12.2. The van der Waals surface area contributed by atoms with Gasteiger partial charge in [-0.05, 0) is 31.5 Å². The van der Waals surface area contributed by atoms with Crippen molar-refractivity contribution < 1.29 is 4.79 Å². The summed E-state index contributed by atoms with van der Waals surface area (Å²) >= 11 is 6.12. The van der Waals surface area contributed by atoms with Gasteiger partial charge in [0.05, 0.1) is 10.6 Å². The number of carbonyl (C=O) groups is 1. The summed E-state index contributed by atoms with van der Waals surface area (Å²) in [5.41, 5.74) is 1.94. The molecule has 0 saturated carbocycles. The average Bonchev–Trinajstić information content (AvgIpc) is 2.46. The van der Waals surface area contributed by atoms with Gasteiger partial charge >= 0.3 is 0 Å². The van der Waals surface area contributed by atoms with Gasteiger partial charge in [0.2, 0.25) is 0 Å². The zero-order valence-electron chi connectivity index (χ0n) is 12.0. The van der Waals surface area contributed by atoms with Gasteiger partial charge in [-0.1, -0.05) is 18.5 Å². The van der Waals surface area contributed by atoms with Crippen LogP contribution < -0.4 is 10.6 Å². The van der Waals surface area contributed by atoms with Gasteiger partial charge in [-0.2, -0.15) is 0 Å². The Labute approximate surface area is 128 Å². The Balaban J connectivity index is 2.11. The molecule has 5 nitrogen and oxygen atoms in total. The van der Waals surface area contributed by atoms with Gasteiger partial charge in [0.1, 0.15) is 5.82 Å². The first kappa shape index (κ1) is 15.3. The van der Waals surface area contributed by atoms with Crippen LogP contribution in [0.5, 0.6) is 0 Å². The number of rotatable bonds is 5. The van der Waals surface area contributed by atoms with Crippen LogP contribution in [0.1, 0.15) is 29.4 Å². The number of anilines is 2. The first-order valence-corrected chi connectivity index (χ1v) is 7.11. The van der Waals surface area contributed by atoms with E-state index in [9.17, 15) is 4.79 Å². The highest BCUT2D eigenvalue weighted by molar-refractivity contribution is 6.33. The second kappa shape index (κ2) is 7.04. The van der Waals surface area contributed by atoms with E-state index in [1.807, 2.05) is 6.92 Å². The molecule has 0 radical (unpaired) electrons. The standard InChI is InChI=1S/C15H17ClN4O/c1-3-5-18-14-13(16)8-11(9-19-14)15(21)20-12-4-6-17-10(2)7-12/h4,6-9H,3,5H2,1-2H3,(H,18,19)(H,17,20,21). The molecule has 2 heterocycles. The number of aromatic nitrogens is 2. The summed E-state index contributed by atoms with van der Waals surface area (Å²) in [6.07, 6.45) is 4.13. The number of carbonyl (C=O) groups excluding carboxylic acids is 1. The molecule has 0 saturated heterocycles. The highest BCUT2D eigenvalue weighted by Crippen LogP contribution is 2.20. The zero-order valence-corrected chi connectivity index (χ0v) is 12.7. The predicted octanol–water partition coefficient (Wildman–Crippen LogP) is 3.51. The Morgan fingerprint density at radius 2 is 2.14 bits per heavy atom. The Hall–Kier alpha value is -2.14. The molecule has 0 bridgehead atoms. The lowest BCUT2D eigenvalue weighted by molar-refractivity contribution is 0.102. The Bertz CT molecular complexity index is 645. The monoisotopic (exact) mass is 304 g/mol. The molecular weight excluding hydrogens is 288 g/mol. The number of nitrogens with one attached hydrogen (secondary N) is 2. The lowest BCUT2D eigenvalue weighted by Crippen LogP contribution is -2.13. The molecule has 6 heteroatoms.